The maximum Gasteiger partial charge on any atom is 0.192 e. The van der Waals surface area contributed by atoms with Gasteiger partial charge in [0.2, 0.25) is 0 Å². The molecule has 0 aromatic carbocycles. The Morgan fingerprint density at radius 3 is 2.27 bits per heavy atom. The summed E-state index contributed by atoms with van der Waals surface area (Å²) in [7, 11) is 0. The fraction of sp³-hybridized carbons (Fsp3) is 0.375. The molecule has 0 bridgehead atoms. The molecule has 3 nitrogen and oxygen atoms in total. The molecule has 0 spiro atoms. The van der Waals surface area contributed by atoms with E-state index >= 15 is 0 Å². The molecule has 1 heterocycles. The van der Waals surface area contributed by atoms with Crippen molar-refractivity contribution in [2.45, 2.75) is 19.8 Å². The molecular formula is C8H10N2O. The van der Waals surface area contributed by atoms with Gasteiger partial charge in [0.15, 0.2) is 12.1 Å². The predicted molar refractivity (Wildman–Crippen MR) is 41.5 cm³/mol. The fourth-order valence-corrected chi connectivity index (χ4v) is 0.707. The molecule has 0 atom stereocenters. The Morgan fingerprint density at radius 2 is 1.91 bits per heavy atom. The molecule has 0 N–H and O–H groups in total. The van der Waals surface area contributed by atoms with E-state index < -0.39 is 0 Å². The Bertz CT molecular complexity index is 241. The standard InChI is InChI=1S/C8H10N2O/c1-6(2)7-3-9-8(5-11)10-4-7/h3-6H,1-2H3. The number of aromatic nitrogens is 2. The van der Waals surface area contributed by atoms with E-state index in [1.807, 2.05) is 0 Å². The highest BCUT2D eigenvalue weighted by Crippen LogP contribution is 2.09. The lowest BCUT2D eigenvalue weighted by Crippen LogP contribution is -1.95. The summed E-state index contributed by atoms with van der Waals surface area (Å²) in [5.41, 5.74) is 1.05. The van der Waals surface area contributed by atoms with Crippen molar-refractivity contribution in [1.29, 1.82) is 0 Å². The first kappa shape index (κ1) is 7.85. The van der Waals surface area contributed by atoms with Gasteiger partial charge in [0.05, 0.1) is 0 Å². The fourth-order valence-electron chi connectivity index (χ4n) is 0.707. The van der Waals surface area contributed by atoms with Gasteiger partial charge in [-0.15, -0.1) is 0 Å². The molecule has 58 valence electrons. The van der Waals surface area contributed by atoms with Crippen molar-refractivity contribution in [2.24, 2.45) is 0 Å². The molecule has 0 unspecified atom stereocenters. The summed E-state index contributed by atoms with van der Waals surface area (Å²) in [5, 5.41) is 0. The molecule has 1 rings (SSSR count). The van der Waals surface area contributed by atoms with Crippen molar-refractivity contribution in [1.82, 2.24) is 9.97 Å². The smallest absolute Gasteiger partial charge is 0.192 e. The van der Waals surface area contributed by atoms with E-state index in [0.717, 1.165) is 5.56 Å². The van der Waals surface area contributed by atoms with Crippen LogP contribution in [0.5, 0.6) is 0 Å². The second-order valence-electron chi connectivity index (χ2n) is 2.65. The molecule has 1 aromatic heterocycles. The average molecular weight is 150 g/mol. The van der Waals surface area contributed by atoms with Gasteiger partial charge in [0.1, 0.15) is 0 Å². The zero-order chi connectivity index (χ0) is 8.27. The molecule has 0 fully saturated rings. The second-order valence-corrected chi connectivity index (χ2v) is 2.65. The average Bonchev–Trinajstić information content (AvgIpc) is 2.05. The van der Waals surface area contributed by atoms with Crippen LogP contribution in [0.25, 0.3) is 0 Å². The van der Waals surface area contributed by atoms with Crippen LogP contribution in [0.2, 0.25) is 0 Å². The van der Waals surface area contributed by atoms with Crippen LogP contribution in [-0.2, 0) is 0 Å². The summed E-state index contributed by atoms with van der Waals surface area (Å²) >= 11 is 0. The van der Waals surface area contributed by atoms with Crippen LogP contribution in [-0.4, -0.2) is 16.3 Å². The van der Waals surface area contributed by atoms with Gasteiger partial charge < -0.3 is 0 Å². The van der Waals surface area contributed by atoms with Gasteiger partial charge >= 0.3 is 0 Å². The summed E-state index contributed by atoms with van der Waals surface area (Å²) in [6.45, 7) is 4.11. The zero-order valence-electron chi connectivity index (χ0n) is 6.61. The highest BCUT2D eigenvalue weighted by Gasteiger charge is 1.99. The predicted octanol–water partition coefficient (Wildman–Crippen LogP) is 1.41. The molecule has 0 saturated heterocycles. The topological polar surface area (TPSA) is 42.9 Å². The first-order valence-electron chi connectivity index (χ1n) is 3.51. The molecule has 3 heteroatoms. The first-order chi connectivity index (χ1) is 5.24. The highest BCUT2D eigenvalue weighted by atomic mass is 16.1. The van der Waals surface area contributed by atoms with Crippen LogP contribution in [0.3, 0.4) is 0 Å². The van der Waals surface area contributed by atoms with Crippen molar-refractivity contribution in [3.63, 3.8) is 0 Å². The number of carbonyl (C=O) groups is 1. The minimum atomic E-state index is 0.245. The summed E-state index contributed by atoms with van der Waals surface area (Å²) < 4.78 is 0. The molecule has 0 aliphatic heterocycles. The lowest BCUT2D eigenvalue weighted by atomic mass is 10.1. The van der Waals surface area contributed by atoms with Crippen LogP contribution in [0.4, 0.5) is 0 Å². The molecule has 0 aliphatic rings. The van der Waals surface area contributed by atoms with E-state index in [1.54, 1.807) is 12.4 Å². The SMILES string of the molecule is CC(C)c1cnc(C=O)nc1. The Morgan fingerprint density at radius 1 is 1.36 bits per heavy atom. The summed E-state index contributed by atoms with van der Waals surface area (Å²) in [6.07, 6.45) is 4.01. The zero-order valence-corrected chi connectivity index (χ0v) is 6.61. The first-order valence-corrected chi connectivity index (χ1v) is 3.51. The lowest BCUT2D eigenvalue weighted by molar-refractivity contribution is 0.111. The third kappa shape index (κ3) is 1.83. The van der Waals surface area contributed by atoms with Crippen LogP contribution in [0, 0.1) is 0 Å². The van der Waals surface area contributed by atoms with Crippen molar-refractivity contribution < 1.29 is 4.79 Å². The van der Waals surface area contributed by atoms with E-state index in [0.29, 0.717) is 12.2 Å². The molecule has 0 amide bonds. The lowest BCUT2D eigenvalue weighted by Gasteiger charge is -2.01. The number of rotatable bonds is 2. The molecule has 0 radical (unpaired) electrons. The van der Waals surface area contributed by atoms with Gasteiger partial charge in [-0.05, 0) is 11.5 Å². The van der Waals surface area contributed by atoms with E-state index in [9.17, 15) is 4.79 Å². The van der Waals surface area contributed by atoms with E-state index in [1.165, 1.54) is 0 Å². The maximum atomic E-state index is 10.2. The van der Waals surface area contributed by atoms with Gasteiger partial charge in [0.25, 0.3) is 0 Å². The van der Waals surface area contributed by atoms with Crippen LogP contribution in [0.15, 0.2) is 12.4 Å². The van der Waals surface area contributed by atoms with Crippen molar-refractivity contribution >= 4 is 6.29 Å². The highest BCUT2D eigenvalue weighted by molar-refractivity contribution is 5.68. The van der Waals surface area contributed by atoms with E-state index in [-0.39, 0.29) is 5.82 Å². The van der Waals surface area contributed by atoms with Gasteiger partial charge in [-0.25, -0.2) is 9.97 Å². The maximum absolute atomic E-state index is 10.2. The largest absolute Gasteiger partial charge is 0.294 e. The van der Waals surface area contributed by atoms with Crippen molar-refractivity contribution in [2.75, 3.05) is 0 Å². The number of carbonyl (C=O) groups excluding carboxylic acids is 1. The van der Waals surface area contributed by atoms with Gasteiger partial charge in [-0.3, -0.25) is 4.79 Å². The summed E-state index contributed by atoms with van der Waals surface area (Å²) in [5.74, 6) is 0.658. The quantitative estimate of drug-likeness (QED) is 0.598. The third-order valence-electron chi connectivity index (χ3n) is 1.46. The monoisotopic (exact) mass is 150 g/mol. The van der Waals surface area contributed by atoms with Crippen LogP contribution in [0.1, 0.15) is 35.9 Å². The Labute approximate surface area is 65.5 Å². The Balaban J connectivity index is 2.91. The minimum Gasteiger partial charge on any atom is -0.294 e. The third-order valence-corrected chi connectivity index (χ3v) is 1.46. The summed E-state index contributed by atoms with van der Waals surface area (Å²) in [6, 6.07) is 0. The number of nitrogens with zero attached hydrogens (tertiary/aromatic N) is 2. The van der Waals surface area contributed by atoms with Gasteiger partial charge in [-0.1, -0.05) is 13.8 Å². The van der Waals surface area contributed by atoms with Crippen molar-refractivity contribution in [3.8, 4) is 0 Å². The van der Waals surface area contributed by atoms with E-state index in [4.69, 9.17) is 0 Å². The molecule has 1 aromatic rings. The normalized spacial score (nSPS) is 10.1. The Hall–Kier alpha value is -1.25. The van der Waals surface area contributed by atoms with Gasteiger partial charge in [-0.2, -0.15) is 0 Å². The van der Waals surface area contributed by atoms with Crippen molar-refractivity contribution in [3.05, 3.63) is 23.8 Å². The number of aldehydes is 1. The molecule has 0 saturated carbocycles. The minimum absolute atomic E-state index is 0.245. The summed E-state index contributed by atoms with van der Waals surface area (Å²) in [4.78, 5) is 17.8. The molecule has 0 aliphatic carbocycles. The number of hydrogen-bond donors (Lipinski definition) is 0. The molecular weight excluding hydrogens is 140 g/mol. The molecule has 11 heavy (non-hydrogen) atoms. The van der Waals surface area contributed by atoms with E-state index in [2.05, 4.69) is 23.8 Å². The second kappa shape index (κ2) is 3.23. The Kier molecular flexibility index (Phi) is 2.31. The van der Waals surface area contributed by atoms with Gasteiger partial charge in [0, 0.05) is 12.4 Å². The van der Waals surface area contributed by atoms with Crippen LogP contribution < -0.4 is 0 Å². The van der Waals surface area contributed by atoms with Crippen LogP contribution >= 0.6 is 0 Å². The number of hydrogen-bond acceptors (Lipinski definition) is 3.